The Balaban J connectivity index is 6.02. The van der Waals surface area contributed by atoms with Crippen LogP contribution in [0.3, 0.4) is 0 Å². The smallest absolute Gasteiger partial charge is 0.324 e. The first-order chi connectivity index (χ1) is 15.3. The quantitative estimate of drug-likeness (QED) is 0.151. The lowest BCUT2D eigenvalue weighted by molar-refractivity contribution is -0.173. The molecule has 8 heteroatoms. The van der Waals surface area contributed by atoms with Gasteiger partial charge in [0, 0.05) is 0 Å². The molecule has 0 amide bonds. The molecule has 0 heterocycles. The molecule has 0 fully saturated rings. The molecule has 0 spiro atoms. The van der Waals surface area contributed by atoms with E-state index < -0.39 is 34.7 Å². The van der Waals surface area contributed by atoms with Gasteiger partial charge in [-0.3, -0.25) is 19.2 Å². The zero-order chi connectivity index (χ0) is 24.6. The lowest BCUT2D eigenvalue weighted by Gasteiger charge is -2.28. The average Bonchev–Trinajstić information content (AvgIpc) is 2.75. The van der Waals surface area contributed by atoms with Gasteiger partial charge in [0.15, 0.2) is 10.8 Å². The minimum Gasteiger partial charge on any atom is -0.465 e. The number of ether oxygens (including phenoxy) is 4. The van der Waals surface area contributed by atoms with Crippen molar-refractivity contribution in [3.63, 3.8) is 0 Å². The molecule has 0 rings (SSSR count). The zero-order valence-electron chi connectivity index (χ0n) is 19.6. The first kappa shape index (κ1) is 29.1. The molecule has 0 N–H and O–H groups in total. The molecule has 0 aliphatic carbocycles. The molecule has 8 nitrogen and oxygen atoms in total. The number of carbonyl (C=O) groups excluding carboxylic acids is 4. The molecule has 180 valence electrons. The largest absolute Gasteiger partial charge is 0.465 e. The Kier molecular flexibility index (Phi) is 13.6. The van der Waals surface area contributed by atoms with Gasteiger partial charge in [-0.25, -0.2) is 0 Å². The summed E-state index contributed by atoms with van der Waals surface area (Å²) in [6.45, 7) is 14.2. The van der Waals surface area contributed by atoms with E-state index in [-0.39, 0.29) is 52.1 Å². The highest BCUT2D eigenvalue weighted by molar-refractivity contribution is 6.01. The third kappa shape index (κ3) is 7.35. The Labute approximate surface area is 190 Å². The maximum atomic E-state index is 12.7. The zero-order valence-corrected chi connectivity index (χ0v) is 19.6. The van der Waals surface area contributed by atoms with Crippen molar-refractivity contribution < 1.29 is 38.1 Å². The predicted octanol–water partition coefficient (Wildman–Crippen LogP) is 3.70. The van der Waals surface area contributed by atoms with E-state index in [1.54, 1.807) is 39.8 Å². The standard InChI is InChI=1S/C24H36O8/c1-7-15-23(19(25)29-9-3,20(26)30-10-4)17-13-14-18-24(16-8-2,21(27)31-11-5)22(28)32-12-6/h7-8,13-14H,1-2,9-12,15-18H2,3-6H3/b14-13+. The van der Waals surface area contributed by atoms with Gasteiger partial charge in [0.05, 0.1) is 26.4 Å². The topological polar surface area (TPSA) is 105 Å². The molecule has 0 aromatic rings. The first-order valence-corrected chi connectivity index (χ1v) is 10.8. The maximum absolute atomic E-state index is 12.7. The number of carbonyl (C=O) groups is 4. The van der Waals surface area contributed by atoms with Crippen LogP contribution in [-0.4, -0.2) is 50.3 Å². The van der Waals surface area contributed by atoms with Crippen LogP contribution in [-0.2, 0) is 38.1 Å². The van der Waals surface area contributed by atoms with E-state index in [0.29, 0.717) is 0 Å². The SMILES string of the molecule is C=CCC(C/C=C/CC(CC=C)(C(=O)OCC)C(=O)OCC)(C(=O)OCC)C(=O)OCC. The number of rotatable bonds is 16. The van der Waals surface area contributed by atoms with Gasteiger partial charge in [-0.1, -0.05) is 24.3 Å². The van der Waals surface area contributed by atoms with Crippen LogP contribution in [0.1, 0.15) is 53.4 Å². The Hall–Kier alpha value is -2.90. The molecular weight excluding hydrogens is 416 g/mol. The second kappa shape index (κ2) is 15.0. The van der Waals surface area contributed by atoms with E-state index >= 15 is 0 Å². The van der Waals surface area contributed by atoms with Crippen LogP contribution in [0.5, 0.6) is 0 Å². The molecule has 0 aliphatic rings. The highest BCUT2D eigenvalue weighted by Gasteiger charge is 2.48. The fourth-order valence-corrected chi connectivity index (χ4v) is 3.14. The predicted molar refractivity (Wildman–Crippen MR) is 119 cm³/mol. The van der Waals surface area contributed by atoms with Crippen LogP contribution >= 0.6 is 0 Å². The number of esters is 4. The summed E-state index contributed by atoms with van der Waals surface area (Å²) in [5.41, 5.74) is -3.22. The summed E-state index contributed by atoms with van der Waals surface area (Å²) in [5, 5.41) is 0. The van der Waals surface area contributed by atoms with Crippen LogP contribution in [0.4, 0.5) is 0 Å². The third-order valence-corrected chi connectivity index (χ3v) is 4.75. The van der Waals surface area contributed by atoms with Crippen molar-refractivity contribution in [3.05, 3.63) is 37.5 Å². The summed E-state index contributed by atoms with van der Waals surface area (Å²) in [5.74, 6) is -2.90. The Morgan fingerprint density at radius 2 is 0.812 bits per heavy atom. The van der Waals surface area contributed by atoms with Gasteiger partial charge in [-0.15, -0.1) is 13.2 Å². The van der Waals surface area contributed by atoms with Crippen LogP contribution in [0.25, 0.3) is 0 Å². The molecule has 0 unspecified atom stereocenters. The normalized spacial score (nSPS) is 11.5. The number of hydrogen-bond acceptors (Lipinski definition) is 8. The molecule has 0 aromatic carbocycles. The minimum absolute atomic E-state index is 0.00254. The average molecular weight is 453 g/mol. The summed E-state index contributed by atoms with van der Waals surface area (Å²) < 4.78 is 20.5. The van der Waals surface area contributed by atoms with Crippen molar-refractivity contribution in [1.82, 2.24) is 0 Å². The molecule has 32 heavy (non-hydrogen) atoms. The van der Waals surface area contributed by atoms with Gasteiger partial charge in [-0.2, -0.15) is 0 Å². The summed E-state index contributed by atoms with van der Waals surface area (Å²) in [7, 11) is 0. The molecule has 0 aromatic heterocycles. The third-order valence-electron chi connectivity index (χ3n) is 4.75. The molecule has 0 saturated carbocycles. The molecule has 0 aliphatic heterocycles. The van der Waals surface area contributed by atoms with Gasteiger partial charge in [-0.05, 0) is 53.4 Å². The lowest BCUT2D eigenvalue weighted by atomic mass is 9.78. The van der Waals surface area contributed by atoms with E-state index in [2.05, 4.69) is 13.2 Å². The summed E-state index contributed by atoms with van der Waals surface area (Å²) in [6.07, 6.45) is 5.87. The first-order valence-electron chi connectivity index (χ1n) is 10.8. The molecule has 0 bridgehead atoms. The van der Waals surface area contributed by atoms with Crippen molar-refractivity contribution in [3.8, 4) is 0 Å². The summed E-state index contributed by atoms with van der Waals surface area (Å²) in [6, 6.07) is 0. The van der Waals surface area contributed by atoms with Crippen molar-refractivity contribution >= 4 is 23.9 Å². The lowest BCUT2D eigenvalue weighted by Crippen LogP contribution is -2.42. The Morgan fingerprint density at radius 3 is 1.00 bits per heavy atom. The highest BCUT2D eigenvalue weighted by atomic mass is 16.6. The van der Waals surface area contributed by atoms with Crippen LogP contribution in [0.2, 0.25) is 0 Å². The molecule has 0 saturated heterocycles. The van der Waals surface area contributed by atoms with E-state index in [4.69, 9.17) is 18.9 Å². The van der Waals surface area contributed by atoms with Gasteiger partial charge < -0.3 is 18.9 Å². The van der Waals surface area contributed by atoms with Crippen LogP contribution < -0.4 is 0 Å². The van der Waals surface area contributed by atoms with Gasteiger partial charge in [0.2, 0.25) is 0 Å². The van der Waals surface area contributed by atoms with Gasteiger partial charge in [0.1, 0.15) is 0 Å². The van der Waals surface area contributed by atoms with Crippen molar-refractivity contribution in [2.24, 2.45) is 10.8 Å². The number of hydrogen-bond donors (Lipinski definition) is 0. The van der Waals surface area contributed by atoms with E-state index in [0.717, 1.165) is 0 Å². The molecule has 0 atom stereocenters. The van der Waals surface area contributed by atoms with E-state index in [1.165, 1.54) is 12.2 Å². The van der Waals surface area contributed by atoms with Crippen LogP contribution in [0, 0.1) is 10.8 Å². The van der Waals surface area contributed by atoms with E-state index in [9.17, 15) is 19.2 Å². The van der Waals surface area contributed by atoms with Crippen molar-refractivity contribution in [2.45, 2.75) is 53.4 Å². The fraction of sp³-hybridized carbons (Fsp3) is 0.583. The Morgan fingerprint density at radius 1 is 0.562 bits per heavy atom. The highest BCUT2D eigenvalue weighted by Crippen LogP contribution is 2.34. The monoisotopic (exact) mass is 452 g/mol. The van der Waals surface area contributed by atoms with Crippen LogP contribution in [0.15, 0.2) is 37.5 Å². The van der Waals surface area contributed by atoms with Crippen molar-refractivity contribution in [1.29, 1.82) is 0 Å². The number of allylic oxidation sites excluding steroid dienone is 4. The van der Waals surface area contributed by atoms with E-state index in [1.807, 2.05) is 0 Å². The fourth-order valence-electron chi connectivity index (χ4n) is 3.14. The maximum Gasteiger partial charge on any atom is 0.324 e. The molecular formula is C24H36O8. The van der Waals surface area contributed by atoms with Gasteiger partial charge in [0.25, 0.3) is 0 Å². The summed E-state index contributed by atoms with van der Waals surface area (Å²) in [4.78, 5) is 50.7. The Bertz CT molecular complexity index is 598. The second-order valence-electron chi connectivity index (χ2n) is 6.91. The summed E-state index contributed by atoms with van der Waals surface area (Å²) >= 11 is 0. The van der Waals surface area contributed by atoms with Gasteiger partial charge >= 0.3 is 23.9 Å². The second-order valence-corrected chi connectivity index (χ2v) is 6.91. The molecule has 0 radical (unpaired) electrons. The minimum atomic E-state index is -1.61. The van der Waals surface area contributed by atoms with Crippen molar-refractivity contribution in [2.75, 3.05) is 26.4 Å².